The van der Waals surface area contributed by atoms with Gasteiger partial charge in [0.1, 0.15) is 0 Å². The summed E-state index contributed by atoms with van der Waals surface area (Å²) < 4.78 is 0. The Morgan fingerprint density at radius 2 is 0.941 bits per heavy atom. The summed E-state index contributed by atoms with van der Waals surface area (Å²) in [6.45, 7) is 34.9. The van der Waals surface area contributed by atoms with Gasteiger partial charge in [-0.2, -0.15) is 0 Å². The number of rotatable bonds is 3. The molecule has 0 spiro atoms. The third-order valence-electron chi connectivity index (χ3n) is 10.6. The summed E-state index contributed by atoms with van der Waals surface area (Å²) in [6.07, 6.45) is 0. The van der Waals surface area contributed by atoms with E-state index in [1.54, 1.807) is 6.07 Å². The van der Waals surface area contributed by atoms with Crippen LogP contribution in [0.4, 0.5) is 0 Å². The molecule has 0 bridgehead atoms. The molecule has 3 nitrogen and oxygen atoms in total. The second-order valence-corrected chi connectivity index (χ2v) is 23.3. The van der Waals surface area contributed by atoms with Crippen LogP contribution in [0.2, 0.25) is 0 Å². The molecule has 0 atom stereocenters. The van der Waals surface area contributed by atoms with Gasteiger partial charge < -0.3 is 0 Å². The van der Waals surface area contributed by atoms with Crippen LogP contribution in [0.25, 0.3) is 32.7 Å². The Kier molecular flexibility index (Phi) is 9.19. The van der Waals surface area contributed by atoms with Crippen LogP contribution in [0.1, 0.15) is 137 Å². The van der Waals surface area contributed by atoms with E-state index in [4.69, 9.17) is 0 Å². The van der Waals surface area contributed by atoms with Gasteiger partial charge in [0.2, 0.25) is 0 Å². The Hall–Kier alpha value is -3.07. The van der Waals surface area contributed by atoms with Crippen LogP contribution in [-0.4, -0.2) is 14.7 Å². The first-order valence-electron chi connectivity index (χ1n) is 18.5. The molecule has 0 saturated carbocycles. The van der Waals surface area contributed by atoms with Crippen LogP contribution in [0, 0.1) is 6.92 Å². The van der Waals surface area contributed by atoms with Crippen molar-refractivity contribution in [3.63, 3.8) is 0 Å². The third-order valence-corrected chi connectivity index (χ3v) is 13.1. The number of aryl methyl sites for hydroxylation is 1. The SMILES string of the molecule is Cc1ccc(P(O)(O)(O)c2cc3c(C(C)(C)C)cc(C(C)(C)C)cc3cc2C(C)(C)C)cc1-c1cc2ccc(C(C)(C)C)cc2cc1C(C)(C)C. The van der Waals surface area contributed by atoms with Crippen LogP contribution in [0.5, 0.6) is 0 Å². The van der Waals surface area contributed by atoms with Crippen LogP contribution < -0.4 is 10.6 Å². The van der Waals surface area contributed by atoms with Crippen molar-refractivity contribution in [1.29, 1.82) is 0 Å². The number of hydrogen-bond acceptors (Lipinski definition) is 3. The predicted octanol–water partition coefficient (Wildman–Crippen LogP) is 11.7. The molecule has 0 radical (unpaired) electrons. The normalized spacial score (nSPS) is 14.6. The van der Waals surface area contributed by atoms with Gasteiger partial charge in [0.15, 0.2) is 0 Å². The summed E-state index contributed by atoms with van der Waals surface area (Å²) in [4.78, 5) is 37.8. The standard InChI is InChI=1S/C47H63O3P/c1-29-17-20-35(27-36(29)38-23-30-18-19-33(43(2,3)4)21-31(30)24-39(38)45(8,9)10)51(48,49,50)42-28-37-32(25-41(42)47(14,15)16)22-34(44(5,6)7)26-40(37)46(11,12)13/h17-28,48-50H,1-16H3. The molecule has 5 aromatic rings. The first-order valence-corrected chi connectivity index (χ1v) is 20.6. The summed E-state index contributed by atoms with van der Waals surface area (Å²) >= 11 is 0. The van der Waals surface area contributed by atoms with Crippen molar-refractivity contribution in [2.45, 2.75) is 138 Å². The van der Waals surface area contributed by atoms with Gasteiger partial charge in [-0.25, -0.2) is 0 Å². The molecule has 0 aliphatic rings. The van der Waals surface area contributed by atoms with Crippen LogP contribution in [-0.2, 0) is 27.1 Å². The van der Waals surface area contributed by atoms with Crippen molar-refractivity contribution in [2.75, 3.05) is 0 Å². The van der Waals surface area contributed by atoms with Crippen molar-refractivity contribution in [2.24, 2.45) is 0 Å². The molecule has 0 saturated heterocycles. The van der Waals surface area contributed by atoms with E-state index in [1.807, 2.05) is 18.2 Å². The molecule has 274 valence electrons. The summed E-state index contributed by atoms with van der Waals surface area (Å²) in [5.41, 5.74) is 7.49. The predicted molar refractivity (Wildman–Crippen MR) is 224 cm³/mol. The van der Waals surface area contributed by atoms with Crippen molar-refractivity contribution in [3.05, 3.63) is 106 Å². The first kappa shape index (κ1) is 39.1. The zero-order valence-corrected chi connectivity index (χ0v) is 35.1. The summed E-state index contributed by atoms with van der Waals surface area (Å²) in [5.74, 6) is 0. The first-order chi connectivity index (χ1) is 22.9. The minimum absolute atomic E-state index is 0.0300. The maximum atomic E-state index is 12.6. The third kappa shape index (κ3) is 7.43. The van der Waals surface area contributed by atoms with Crippen LogP contribution >= 0.6 is 7.28 Å². The molecule has 0 aliphatic heterocycles. The Morgan fingerprint density at radius 3 is 1.47 bits per heavy atom. The Bertz CT molecular complexity index is 2160. The van der Waals surface area contributed by atoms with Gasteiger partial charge in [-0.05, 0) is 0 Å². The fraction of sp³-hybridized carbons (Fsp3) is 0.447. The van der Waals surface area contributed by atoms with E-state index in [9.17, 15) is 14.7 Å². The molecule has 4 heteroatoms. The van der Waals surface area contributed by atoms with E-state index in [2.05, 4.69) is 159 Å². The zero-order valence-electron chi connectivity index (χ0n) is 34.2. The maximum absolute atomic E-state index is 12.6. The molecule has 0 heterocycles. The molecule has 51 heavy (non-hydrogen) atoms. The van der Waals surface area contributed by atoms with E-state index in [0.29, 0.717) is 0 Å². The summed E-state index contributed by atoms with van der Waals surface area (Å²) in [6, 6.07) is 25.1. The molecule has 0 aromatic heterocycles. The van der Waals surface area contributed by atoms with E-state index >= 15 is 0 Å². The average molecular weight is 707 g/mol. The minimum atomic E-state index is -5.71. The average Bonchev–Trinajstić information content (AvgIpc) is 2.96. The van der Waals surface area contributed by atoms with E-state index in [-0.39, 0.29) is 32.3 Å². The molecule has 0 aliphatic carbocycles. The monoisotopic (exact) mass is 706 g/mol. The second-order valence-electron chi connectivity index (χ2n) is 20.3. The molecule has 0 fully saturated rings. The van der Waals surface area contributed by atoms with Gasteiger partial charge >= 0.3 is 309 Å². The van der Waals surface area contributed by atoms with Gasteiger partial charge in [-0.3, -0.25) is 0 Å². The number of fused-ring (bicyclic) bond motifs is 2. The second kappa shape index (κ2) is 12.0. The topological polar surface area (TPSA) is 60.7 Å². The fourth-order valence-electron chi connectivity index (χ4n) is 7.30. The van der Waals surface area contributed by atoms with Gasteiger partial charge in [-0.15, -0.1) is 0 Å². The molecule has 0 amide bonds. The quantitative estimate of drug-likeness (QED) is 0.164. The van der Waals surface area contributed by atoms with E-state index in [0.717, 1.165) is 44.0 Å². The fourth-order valence-corrected chi connectivity index (χ4v) is 9.50. The molecule has 0 unspecified atom stereocenters. The molecule has 3 N–H and O–H groups in total. The van der Waals surface area contributed by atoms with Crippen molar-refractivity contribution in [3.8, 4) is 11.1 Å². The molecule has 5 rings (SSSR count). The van der Waals surface area contributed by atoms with Crippen molar-refractivity contribution in [1.82, 2.24) is 0 Å². The Labute approximate surface area is 308 Å². The molecule has 5 aromatic carbocycles. The Morgan fingerprint density at radius 1 is 0.412 bits per heavy atom. The van der Waals surface area contributed by atoms with E-state index < -0.39 is 12.7 Å². The number of hydrogen-bond donors (Lipinski definition) is 3. The summed E-state index contributed by atoms with van der Waals surface area (Å²) in [5, 5.41) is 4.62. The van der Waals surface area contributed by atoms with Crippen molar-refractivity contribution < 1.29 is 14.7 Å². The molecular weight excluding hydrogens is 643 g/mol. The number of benzene rings is 5. The van der Waals surface area contributed by atoms with Crippen LogP contribution in [0.15, 0.2) is 72.8 Å². The van der Waals surface area contributed by atoms with Gasteiger partial charge in [0.25, 0.3) is 0 Å². The zero-order chi connectivity index (χ0) is 38.5. The van der Waals surface area contributed by atoms with Gasteiger partial charge in [0, 0.05) is 0 Å². The van der Waals surface area contributed by atoms with Gasteiger partial charge in [0.05, 0.1) is 0 Å². The van der Waals surface area contributed by atoms with Crippen molar-refractivity contribution >= 4 is 39.4 Å². The molecular formula is C47H63O3P. The van der Waals surface area contributed by atoms with Gasteiger partial charge in [-0.1, -0.05) is 0 Å². The van der Waals surface area contributed by atoms with E-state index in [1.165, 1.54) is 22.1 Å². The summed E-state index contributed by atoms with van der Waals surface area (Å²) in [7, 11) is -5.71. The Balaban J connectivity index is 1.83. The van der Waals surface area contributed by atoms with Crippen LogP contribution in [0.3, 0.4) is 0 Å².